The van der Waals surface area contributed by atoms with Gasteiger partial charge in [-0.3, -0.25) is 4.79 Å². The lowest BCUT2D eigenvalue weighted by Crippen LogP contribution is -2.41. The van der Waals surface area contributed by atoms with E-state index in [4.69, 9.17) is 23.2 Å². The third-order valence-electron chi connectivity index (χ3n) is 4.92. The van der Waals surface area contributed by atoms with Crippen LogP contribution in [0, 0.1) is 19.8 Å². The molecule has 3 rings (SSSR count). The smallest absolute Gasteiger partial charge is 0.243 e. The van der Waals surface area contributed by atoms with Crippen LogP contribution in [0.5, 0.6) is 0 Å². The molecule has 1 amide bonds. The minimum Gasteiger partial charge on any atom is -0.326 e. The molecule has 8 heteroatoms. The van der Waals surface area contributed by atoms with Crippen LogP contribution in [0.3, 0.4) is 0 Å². The molecule has 1 heterocycles. The summed E-state index contributed by atoms with van der Waals surface area (Å²) in [7, 11) is -3.57. The van der Waals surface area contributed by atoms with Gasteiger partial charge in [-0.25, -0.2) is 8.42 Å². The number of hydrogen-bond donors (Lipinski definition) is 1. The summed E-state index contributed by atoms with van der Waals surface area (Å²) in [6.07, 6.45) is 0.925. The van der Waals surface area contributed by atoms with Gasteiger partial charge in [-0.15, -0.1) is 0 Å². The summed E-state index contributed by atoms with van der Waals surface area (Å²) in [5.74, 6) is -0.412. The molecule has 0 unspecified atom stereocenters. The molecule has 0 saturated carbocycles. The Morgan fingerprint density at radius 1 is 1.04 bits per heavy atom. The van der Waals surface area contributed by atoms with Crippen molar-refractivity contribution in [2.45, 2.75) is 31.6 Å². The molecule has 0 spiro atoms. The van der Waals surface area contributed by atoms with E-state index in [0.29, 0.717) is 46.6 Å². The minimum atomic E-state index is -3.57. The van der Waals surface area contributed by atoms with Crippen molar-refractivity contribution in [2.24, 2.45) is 5.92 Å². The Morgan fingerprint density at radius 3 is 2.25 bits per heavy atom. The maximum Gasteiger partial charge on any atom is 0.243 e. The molecule has 1 fully saturated rings. The molecule has 1 aliphatic heterocycles. The number of halogens is 2. The summed E-state index contributed by atoms with van der Waals surface area (Å²) in [6.45, 7) is 4.29. The van der Waals surface area contributed by atoms with Crippen LogP contribution in [-0.4, -0.2) is 31.7 Å². The van der Waals surface area contributed by atoms with Crippen LogP contribution in [0.25, 0.3) is 0 Å². The average Bonchev–Trinajstić information content (AvgIpc) is 2.63. The van der Waals surface area contributed by atoms with Crippen LogP contribution in [0.2, 0.25) is 10.0 Å². The summed E-state index contributed by atoms with van der Waals surface area (Å²) in [4.78, 5) is 12.9. The largest absolute Gasteiger partial charge is 0.326 e. The highest BCUT2D eigenvalue weighted by molar-refractivity contribution is 7.89. The molecule has 0 aliphatic carbocycles. The predicted molar refractivity (Wildman–Crippen MR) is 112 cm³/mol. The standard InChI is InChI=1S/C20H22Cl2N2O3S/c1-13-3-4-14(2)19(9-13)28(26,27)24-7-5-15(6-8-24)20(25)23-18-11-16(21)10-17(22)12-18/h3-4,9-12,15H,5-8H2,1-2H3,(H,23,25). The summed E-state index contributed by atoms with van der Waals surface area (Å²) < 4.78 is 27.5. The van der Waals surface area contributed by atoms with Crippen molar-refractivity contribution in [3.63, 3.8) is 0 Å². The zero-order chi connectivity index (χ0) is 20.5. The van der Waals surface area contributed by atoms with Gasteiger partial charge >= 0.3 is 0 Å². The molecular weight excluding hydrogens is 419 g/mol. The number of amides is 1. The van der Waals surface area contributed by atoms with E-state index in [-0.39, 0.29) is 11.8 Å². The Labute approximate surface area is 175 Å². The number of benzene rings is 2. The molecule has 0 radical (unpaired) electrons. The van der Waals surface area contributed by atoms with E-state index in [9.17, 15) is 13.2 Å². The third kappa shape index (κ3) is 4.69. The fraction of sp³-hybridized carbons (Fsp3) is 0.350. The maximum atomic E-state index is 13.0. The highest BCUT2D eigenvalue weighted by Crippen LogP contribution is 2.28. The molecule has 0 atom stereocenters. The molecule has 5 nitrogen and oxygen atoms in total. The topological polar surface area (TPSA) is 66.5 Å². The van der Waals surface area contributed by atoms with E-state index in [1.807, 2.05) is 19.1 Å². The van der Waals surface area contributed by atoms with Crippen molar-refractivity contribution in [3.05, 3.63) is 57.6 Å². The molecule has 1 N–H and O–H groups in total. The highest BCUT2D eigenvalue weighted by atomic mass is 35.5. The number of carbonyl (C=O) groups excluding carboxylic acids is 1. The van der Waals surface area contributed by atoms with Gasteiger partial charge in [0.15, 0.2) is 0 Å². The van der Waals surface area contributed by atoms with Crippen LogP contribution in [0.4, 0.5) is 5.69 Å². The molecule has 0 bridgehead atoms. The lowest BCUT2D eigenvalue weighted by molar-refractivity contribution is -0.120. The van der Waals surface area contributed by atoms with Crippen molar-refractivity contribution < 1.29 is 13.2 Å². The van der Waals surface area contributed by atoms with Crippen LogP contribution in [0.1, 0.15) is 24.0 Å². The zero-order valence-corrected chi connectivity index (χ0v) is 18.0. The molecule has 150 valence electrons. The van der Waals surface area contributed by atoms with Gasteiger partial charge in [0.25, 0.3) is 0 Å². The lowest BCUT2D eigenvalue weighted by Gasteiger charge is -2.31. The van der Waals surface area contributed by atoms with Gasteiger partial charge in [0.05, 0.1) is 4.90 Å². The highest BCUT2D eigenvalue weighted by Gasteiger charge is 2.33. The quantitative estimate of drug-likeness (QED) is 0.751. The van der Waals surface area contributed by atoms with Crippen molar-refractivity contribution in [1.82, 2.24) is 4.31 Å². The van der Waals surface area contributed by atoms with E-state index in [1.165, 1.54) is 4.31 Å². The van der Waals surface area contributed by atoms with E-state index < -0.39 is 10.0 Å². The zero-order valence-electron chi connectivity index (χ0n) is 15.7. The molecule has 2 aromatic carbocycles. The number of rotatable bonds is 4. The summed E-state index contributed by atoms with van der Waals surface area (Å²) in [6, 6.07) is 10.3. The summed E-state index contributed by atoms with van der Waals surface area (Å²) >= 11 is 11.9. The SMILES string of the molecule is Cc1ccc(C)c(S(=O)(=O)N2CCC(C(=O)Nc3cc(Cl)cc(Cl)c3)CC2)c1. The second-order valence-corrected chi connectivity index (χ2v) is 9.87. The van der Waals surface area contributed by atoms with Crippen molar-refractivity contribution in [2.75, 3.05) is 18.4 Å². The second kappa shape index (κ2) is 8.41. The number of piperidine rings is 1. The Hall–Kier alpha value is -1.60. The van der Waals surface area contributed by atoms with Crippen molar-refractivity contribution in [3.8, 4) is 0 Å². The second-order valence-electron chi connectivity index (χ2n) is 7.09. The number of nitrogens with one attached hydrogen (secondary N) is 1. The Balaban J connectivity index is 1.66. The number of aryl methyl sites for hydroxylation is 2. The Kier molecular flexibility index (Phi) is 6.34. The van der Waals surface area contributed by atoms with Crippen LogP contribution < -0.4 is 5.32 Å². The molecule has 1 aliphatic rings. The summed E-state index contributed by atoms with van der Waals surface area (Å²) in [5.41, 5.74) is 2.16. The first-order chi connectivity index (χ1) is 13.2. The van der Waals surface area contributed by atoms with E-state index >= 15 is 0 Å². The van der Waals surface area contributed by atoms with E-state index in [0.717, 1.165) is 11.1 Å². The first-order valence-corrected chi connectivity index (χ1v) is 11.2. The van der Waals surface area contributed by atoms with E-state index in [2.05, 4.69) is 5.32 Å². The third-order valence-corrected chi connectivity index (χ3v) is 7.39. The summed E-state index contributed by atoms with van der Waals surface area (Å²) in [5, 5.41) is 3.70. The van der Waals surface area contributed by atoms with Crippen LogP contribution in [0.15, 0.2) is 41.3 Å². The number of hydrogen-bond acceptors (Lipinski definition) is 3. The number of nitrogens with zero attached hydrogens (tertiary/aromatic N) is 1. The number of carbonyl (C=O) groups is 1. The first-order valence-electron chi connectivity index (χ1n) is 9.01. The fourth-order valence-electron chi connectivity index (χ4n) is 3.35. The Bertz CT molecular complexity index is 980. The van der Waals surface area contributed by atoms with Gasteiger partial charge < -0.3 is 5.32 Å². The van der Waals surface area contributed by atoms with Gasteiger partial charge in [-0.2, -0.15) is 4.31 Å². The van der Waals surface area contributed by atoms with Gasteiger partial charge in [-0.1, -0.05) is 35.3 Å². The molecule has 0 aromatic heterocycles. The van der Waals surface area contributed by atoms with Crippen molar-refractivity contribution >= 4 is 44.8 Å². The van der Waals surface area contributed by atoms with Crippen molar-refractivity contribution in [1.29, 1.82) is 0 Å². The fourth-order valence-corrected chi connectivity index (χ4v) is 5.66. The van der Waals surface area contributed by atoms with Crippen LogP contribution in [-0.2, 0) is 14.8 Å². The van der Waals surface area contributed by atoms with Gasteiger partial charge in [0, 0.05) is 34.7 Å². The Morgan fingerprint density at radius 2 is 1.64 bits per heavy atom. The minimum absolute atomic E-state index is 0.151. The first kappa shape index (κ1) is 21.1. The molecule has 1 saturated heterocycles. The normalized spacial score (nSPS) is 16.1. The molecule has 2 aromatic rings. The van der Waals surface area contributed by atoms with Crippen LogP contribution >= 0.6 is 23.2 Å². The van der Waals surface area contributed by atoms with Gasteiger partial charge in [-0.05, 0) is 62.1 Å². The molecular formula is C20H22Cl2N2O3S. The predicted octanol–water partition coefficient (Wildman–Crippen LogP) is 4.65. The number of anilines is 1. The van der Waals surface area contributed by atoms with Gasteiger partial charge in [0.1, 0.15) is 0 Å². The van der Waals surface area contributed by atoms with E-state index in [1.54, 1.807) is 31.2 Å². The monoisotopic (exact) mass is 440 g/mol. The van der Waals surface area contributed by atoms with Gasteiger partial charge in [0.2, 0.25) is 15.9 Å². The molecule has 28 heavy (non-hydrogen) atoms. The number of sulfonamides is 1. The average molecular weight is 441 g/mol. The maximum absolute atomic E-state index is 13.0. The lowest BCUT2D eigenvalue weighted by atomic mass is 9.97.